The normalized spacial score (nSPS) is 10.6. The summed E-state index contributed by atoms with van der Waals surface area (Å²) in [5, 5.41) is 5.83. The summed E-state index contributed by atoms with van der Waals surface area (Å²) in [4.78, 5) is 29.1. The number of esters is 1. The molecule has 1 heterocycles. The Bertz CT molecular complexity index is 1130. The van der Waals surface area contributed by atoms with Gasteiger partial charge in [-0.2, -0.15) is 0 Å². The van der Waals surface area contributed by atoms with Gasteiger partial charge in [-0.25, -0.2) is 14.6 Å². The molecule has 3 aromatic rings. The summed E-state index contributed by atoms with van der Waals surface area (Å²) in [6.07, 6.45) is 5.49. The number of aromatic nitrogens is 2. The fourth-order valence-electron chi connectivity index (χ4n) is 3.87. The number of nitrogens with zero attached hydrogens (tertiary/aromatic N) is 2. The number of para-hydroxylation sites is 1. The van der Waals surface area contributed by atoms with E-state index in [0.29, 0.717) is 43.2 Å². The smallest absolute Gasteiger partial charge is 0.359 e. The summed E-state index contributed by atoms with van der Waals surface area (Å²) < 4.78 is 13.2. The molecule has 0 radical (unpaired) electrons. The van der Waals surface area contributed by atoms with Crippen molar-refractivity contribution in [3.05, 3.63) is 66.1 Å². The van der Waals surface area contributed by atoms with Gasteiger partial charge in [0.05, 0.1) is 30.9 Å². The van der Waals surface area contributed by atoms with E-state index in [0.717, 1.165) is 36.1 Å². The van der Waals surface area contributed by atoms with E-state index in [2.05, 4.69) is 22.5 Å². The van der Waals surface area contributed by atoms with Gasteiger partial charge in [0.2, 0.25) is 0 Å². The first-order valence-electron chi connectivity index (χ1n) is 12.6. The minimum atomic E-state index is -0.435. The van der Waals surface area contributed by atoms with Gasteiger partial charge in [-0.1, -0.05) is 62.2 Å². The Morgan fingerprint density at radius 3 is 2.56 bits per heavy atom. The molecule has 36 heavy (non-hydrogen) atoms. The highest BCUT2D eigenvalue weighted by Crippen LogP contribution is 2.29. The van der Waals surface area contributed by atoms with Gasteiger partial charge < -0.3 is 24.7 Å². The molecule has 2 amide bonds. The molecule has 0 fully saturated rings. The topological polar surface area (TPSA) is 94.5 Å². The van der Waals surface area contributed by atoms with E-state index in [9.17, 15) is 9.59 Å². The van der Waals surface area contributed by atoms with Gasteiger partial charge in [-0.3, -0.25) is 0 Å². The molecule has 0 saturated carbocycles. The van der Waals surface area contributed by atoms with Crippen molar-refractivity contribution >= 4 is 17.7 Å². The number of hydrogen-bond acceptors (Lipinski definition) is 5. The Balaban J connectivity index is 1.64. The highest BCUT2D eigenvalue weighted by Gasteiger charge is 2.20. The van der Waals surface area contributed by atoms with E-state index in [1.807, 2.05) is 60.0 Å². The summed E-state index contributed by atoms with van der Waals surface area (Å²) >= 11 is 0. The number of benzene rings is 2. The predicted molar refractivity (Wildman–Crippen MR) is 141 cm³/mol. The number of ether oxygens (including phenoxy) is 2. The van der Waals surface area contributed by atoms with Crippen molar-refractivity contribution in [3.8, 4) is 17.0 Å². The van der Waals surface area contributed by atoms with Crippen LogP contribution in [0.15, 0.2) is 54.9 Å². The number of nitrogens with one attached hydrogen (secondary N) is 2. The predicted octanol–water partition coefficient (Wildman–Crippen LogP) is 5.82. The lowest BCUT2D eigenvalue weighted by Gasteiger charge is -2.16. The number of amides is 2. The van der Waals surface area contributed by atoms with E-state index in [1.54, 1.807) is 13.3 Å². The van der Waals surface area contributed by atoms with E-state index >= 15 is 0 Å². The molecule has 0 atom stereocenters. The molecule has 0 aliphatic heterocycles. The van der Waals surface area contributed by atoms with Crippen LogP contribution in [0.3, 0.4) is 0 Å². The Morgan fingerprint density at radius 1 is 1.00 bits per heavy atom. The van der Waals surface area contributed by atoms with Crippen LogP contribution in [0.4, 0.5) is 10.5 Å². The minimum absolute atomic E-state index is 0.234. The number of rotatable bonds is 13. The molecule has 0 spiro atoms. The van der Waals surface area contributed by atoms with Gasteiger partial charge in [0, 0.05) is 18.7 Å². The highest BCUT2D eigenvalue weighted by molar-refractivity contribution is 5.94. The van der Waals surface area contributed by atoms with Crippen LogP contribution in [0.2, 0.25) is 0 Å². The third kappa shape index (κ3) is 7.34. The monoisotopic (exact) mass is 492 g/mol. The number of carbonyl (C=O) groups excluding carboxylic acids is 2. The maximum Gasteiger partial charge on any atom is 0.359 e. The van der Waals surface area contributed by atoms with Gasteiger partial charge >= 0.3 is 12.0 Å². The molecule has 2 N–H and O–H groups in total. The lowest BCUT2D eigenvalue weighted by molar-refractivity contribution is 0.0521. The van der Waals surface area contributed by atoms with Crippen LogP contribution in [0, 0.1) is 6.92 Å². The van der Waals surface area contributed by atoms with Crippen LogP contribution in [-0.2, 0) is 11.3 Å². The summed E-state index contributed by atoms with van der Waals surface area (Å²) in [5.74, 6) is 0.189. The van der Waals surface area contributed by atoms with Crippen molar-refractivity contribution < 1.29 is 19.1 Å². The summed E-state index contributed by atoms with van der Waals surface area (Å²) in [6, 6.07) is 15.1. The van der Waals surface area contributed by atoms with E-state index in [-0.39, 0.29) is 12.6 Å². The molecule has 3 rings (SSSR count). The van der Waals surface area contributed by atoms with Gasteiger partial charge in [-0.05, 0) is 38.3 Å². The van der Waals surface area contributed by atoms with Crippen molar-refractivity contribution in [2.75, 3.05) is 25.1 Å². The number of imidazole rings is 1. The molecule has 1 aromatic heterocycles. The zero-order valence-corrected chi connectivity index (χ0v) is 21.4. The maximum absolute atomic E-state index is 12.5. The second-order valence-corrected chi connectivity index (χ2v) is 8.46. The Morgan fingerprint density at radius 2 is 1.81 bits per heavy atom. The standard InChI is InChI=1S/C28H36N4O4/c1-4-6-10-17-29-28(34)31-24-21(3)13-11-16-23(24)36-19-12-18-32-20-30-25(27(33)35-5-2)26(32)22-14-8-7-9-15-22/h7-9,11,13-16,20H,4-6,10,12,17-19H2,1-3H3,(H2,29,31,34). The fraction of sp³-hybridized carbons (Fsp3) is 0.393. The summed E-state index contributed by atoms with van der Waals surface area (Å²) in [6.45, 7) is 7.81. The average molecular weight is 493 g/mol. The van der Waals surface area contributed by atoms with Crippen molar-refractivity contribution in [2.45, 2.75) is 53.0 Å². The molecule has 8 heteroatoms. The number of urea groups is 1. The van der Waals surface area contributed by atoms with Crippen molar-refractivity contribution in [1.29, 1.82) is 0 Å². The third-order valence-electron chi connectivity index (χ3n) is 5.69. The van der Waals surface area contributed by atoms with Crippen LogP contribution >= 0.6 is 0 Å². The lowest BCUT2D eigenvalue weighted by atomic mass is 10.1. The molecule has 2 aromatic carbocycles. The van der Waals surface area contributed by atoms with E-state index < -0.39 is 5.97 Å². The zero-order valence-electron chi connectivity index (χ0n) is 21.4. The van der Waals surface area contributed by atoms with Gasteiger partial charge in [-0.15, -0.1) is 0 Å². The molecule has 0 saturated heterocycles. The Kier molecular flexibility index (Phi) is 10.4. The van der Waals surface area contributed by atoms with Crippen molar-refractivity contribution in [2.24, 2.45) is 0 Å². The second kappa shape index (κ2) is 13.9. The number of aryl methyl sites for hydroxylation is 2. The van der Waals surface area contributed by atoms with Crippen molar-refractivity contribution in [1.82, 2.24) is 14.9 Å². The summed E-state index contributed by atoms with van der Waals surface area (Å²) in [5.41, 5.74) is 3.53. The minimum Gasteiger partial charge on any atom is -0.491 e. The average Bonchev–Trinajstić information content (AvgIpc) is 3.31. The lowest BCUT2D eigenvalue weighted by Crippen LogP contribution is -2.30. The van der Waals surface area contributed by atoms with Crippen LogP contribution in [0.1, 0.15) is 55.6 Å². The molecule has 0 aliphatic rings. The van der Waals surface area contributed by atoms with Crippen LogP contribution in [0.5, 0.6) is 5.75 Å². The fourth-order valence-corrected chi connectivity index (χ4v) is 3.87. The second-order valence-electron chi connectivity index (χ2n) is 8.46. The maximum atomic E-state index is 12.5. The van der Waals surface area contributed by atoms with E-state index in [1.165, 1.54) is 0 Å². The van der Waals surface area contributed by atoms with Gasteiger partial charge in [0.25, 0.3) is 0 Å². The van der Waals surface area contributed by atoms with Crippen LogP contribution in [0.25, 0.3) is 11.3 Å². The largest absolute Gasteiger partial charge is 0.491 e. The first-order valence-corrected chi connectivity index (χ1v) is 12.6. The number of hydrogen-bond donors (Lipinski definition) is 2. The Hall–Kier alpha value is -3.81. The van der Waals surface area contributed by atoms with E-state index in [4.69, 9.17) is 9.47 Å². The molecule has 0 unspecified atom stereocenters. The van der Waals surface area contributed by atoms with Crippen LogP contribution in [-0.4, -0.2) is 41.3 Å². The molecule has 0 aliphatic carbocycles. The van der Waals surface area contributed by atoms with Crippen molar-refractivity contribution in [3.63, 3.8) is 0 Å². The molecular weight excluding hydrogens is 456 g/mol. The molecular formula is C28H36N4O4. The SMILES string of the molecule is CCCCCNC(=O)Nc1c(C)cccc1OCCCn1cnc(C(=O)OCC)c1-c1ccccc1. The molecule has 192 valence electrons. The highest BCUT2D eigenvalue weighted by atomic mass is 16.5. The Labute approximate surface area is 213 Å². The van der Waals surface area contributed by atoms with Gasteiger partial charge in [0.1, 0.15) is 5.75 Å². The quantitative estimate of drug-likeness (QED) is 0.232. The molecule has 8 nitrogen and oxygen atoms in total. The number of carbonyl (C=O) groups is 2. The summed E-state index contributed by atoms with van der Waals surface area (Å²) in [7, 11) is 0. The zero-order chi connectivity index (χ0) is 25.8. The first-order chi connectivity index (χ1) is 17.5. The van der Waals surface area contributed by atoms with Crippen LogP contribution < -0.4 is 15.4 Å². The first kappa shape index (κ1) is 26.8. The number of unbranched alkanes of at least 4 members (excludes halogenated alkanes) is 2. The third-order valence-corrected chi connectivity index (χ3v) is 5.69. The molecule has 0 bridgehead atoms. The van der Waals surface area contributed by atoms with Gasteiger partial charge in [0.15, 0.2) is 5.69 Å². The number of anilines is 1.